The highest BCUT2D eigenvalue weighted by atomic mass is 32.2. The maximum atomic E-state index is 13.5. The third kappa shape index (κ3) is 12.7. The van der Waals surface area contributed by atoms with Crippen molar-refractivity contribution in [1.82, 2.24) is 19.9 Å². The minimum Gasteiger partial charge on any atom is -0.492 e. The summed E-state index contributed by atoms with van der Waals surface area (Å²) in [7, 11) is -3.35. The molecule has 6 rings (SSSR count). The summed E-state index contributed by atoms with van der Waals surface area (Å²) in [6.07, 6.45) is 4.39. The molecule has 3 heterocycles. The monoisotopic (exact) mass is 831 g/mol. The number of allylic oxidation sites excluding steroid dienone is 1. The largest absolute Gasteiger partial charge is 0.492 e. The summed E-state index contributed by atoms with van der Waals surface area (Å²) in [6.45, 7) is 9.63. The fraction of sp³-hybridized carbons (Fsp3) is 0.615. The molecule has 18 heteroatoms. The number of rotatable bonds is 8. The van der Waals surface area contributed by atoms with E-state index in [1.165, 1.54) is 0 Å². The summed E-state index contributed by atoms with van der Waals surface area (Å²) >= 11 is 0. The molecule has 1 aromatic heterocycles. The maximum absolute atomic E-state index is 13.5. The molecule has 0 radical (unpaired) electrons. The van der Waals surface area contributed by atoms with Gasteiger partial charge in [0, 0.05) is 33.9 Å². The fourth-order valence-electron chi connectivity index (χ4n) is 6.79. The zero-order chi connectivity index (χ0) is 42.1. The van der Waals surface area contributed by atoms with E-state index in [4.69, 9.17) is 9.47 Å². The third-order valence-electron chi connectivity index (χ3n) is 10.5. The normalized spacial score (nSPS) is 26.8. The molecule has 0 bridgehead atoms. The van der Waals surface area contributed by atoms with Crippen molar-refractivity contribution in [3.05, 3.63) is 42.6 Å². The van der Waals surface area contributed by atoms with Gasteiger partial charge in [-0.05, 0) is 83.1 Å². The van der Waals surface area contributed by atoms with Gasteiger partial charge in [0.1, 0.15) is 17.9 Å². The Hall–Kier alpha value is -4.61. The van der Waals surface area contributed by atoms with Crippen LogP contribution in [0.1, 0.15) is 90.3 Å². The number of ether oxygens (including phenoxy) is 3. The van der Waals surface area contributed by atoms with Gasteiger partial charge in [0.2, 0.25) is 34.1 Å². The first kappa shape index (κ1) is 45.1. The Morgan fingerprint density at radius 2 is 1.84 bits per heavy atom. The van der Waals surface area contributed by atoms with E-state index < -0.39 is 39.2 Å². The molecule has 322 valence electrons. The van der Waals surface area contributed by atoms with Crippen molar-refractivity contribution >= 4 is 45.1 Å². The Morgan fingerprint density at radius 1 is 1.16 bits per heavy atom. The van der Waals surface area contributed by atoms with E-state index >= 15 is 0 Å². The maximum Gasteiger partial charge on any atom is 0.425 e. The molecular weight excluding hydrogens is 772 g/mol. The molecule has 1 aromatic carbocycles. The fourth-order valence-corrected chi connectivity index (χ4v) is 7.84. The molecule has 14 nitrogen and oxygen atoms in total. The van der Waals surface area contributed by atoms with Crippen LogP contribution < -0.4 is 25.2 Å². The predicted molar refractivity (Wildman–Crippen MR) is 212 cm³/mol. The number of hydrogen-bond acceptors (Lipinski definition) is 10. The Bertz CT molecular complexity index is 1890. The van der Waals surface area contributed by atoms with Crippen LogP contribution in [0.2, 0.25) is 0 Å². The zero-order valence-corrected chi connectivity index (χ0v) is 33.7. The molecule has 2 aliphatic heterocycles. The minimum atomic E-state index is -4.53. The standard InChI is InChI=1S/C30H39N3O4.C5H9NO3S.C4H6F3NO2.3H2/c1-4-36-27-17-31-30(24-12-8-7-11-23(24)27)37-22-16-26-29(35)32-25-15-21(25)10-6-5-9-19(2)13-20(3)14-28(34)33(26)18-22;1-5(2-3-5)10(8,9)6-4-7;1-2(4(5,6)7)10-3(8)9;;;/h6-8,10-12,17,19-22,25-26H,4-5,9,13-16,18H2,1-3H3,(H,32,35);4H,2-3H2,1H3,(H,6,7);2H,1H3,(H2,8,9);3*1H/b10-6-;;;;;/t19-,20-,21-,22-,25-,26+;;2-;;;/m1.1.../s1. The van der Waals surface area contributed by atoms with Crippen molar-refractivity contribution in [2.24, 2.45) is 23.5 Å². The van der Waals surface area contributed by atoms with Crippen LogP contribution in [0.4, 0.5) is 18.0 Å². The van der Waals surface area contributed by atoms with Crippen LogP contribution in [0.15, 0.2) is 42.6 Å². The number of benzene rings is 1. The van der Waals surface area contributed by atoms with Crippen LogP contribution >= 0.6 is 0 Å². The van der Waals surface area contributed by atoms with Gasteiger partial charge >= 0.3 is 12.3 Å². The van der Waals surface area contributed by atoms with Gasteiger partial charge in [0.15, 0.2) is 6.10 Å². The molecule has 0 unspecified atom stereocenters. The number of carbonyl (C=O) groups is 4. The van der Waals surface area contributed by atoms with Crippen molar-refractivity contribution in [1.29, 1.82) is 0 Å². The average molecular weight is 832 g/mol. The van der Waals surface area contributed by atoms with E-state index in [0.29, 0.717) is 63.5 Å². The molecule has 7 atom stereocenters. The predicted octanol–water partition coefficient (Wildman–Crippen LogP) is 6.27. The second kappa shape index (κ2) is 19.2. The Balaban J connectivity index is 0.000000649. The quantitative estimate of drug-likeness (QED) is 0.201. The molecule has 1 saturated heterocycles. The highest BCUT2D eigenvalue weighted by Gasteiger charge is 2.50. The van der Waals surface area contributed by atoms with Gasteiger partial charge < -0.3 is 30.2 Å². The number of fused-ring (bicyclic) bond motifs is 3. The number of carbonyl (C=O) groups excluding carboxylic acids is 4. The first-order valence-electron chi connectivity index (χ1n) is 19.2. The molecule has 0 spiro atoms. The van der Waals surface area contributed by atoms with E-state index in [1.807, 2.05) is 35.9 Å². The van der Waals surface area contributed by atoms with Gasteiger partial charge in [-0.25, -0.2) is 18.2 Å². The molecule has 57 heavy (non-hydrogen) atoms. The number of halogens is 3. The number of nitrogens with zero attached hydrogens (tertiary/aromatic N) is 2. The SMILES string of the molecule is CC1(S(=O)(=O)NC=O)CC1.CCOc1cnc(O[C@@H]2C[C@H]3C(=O)N[C@@H]4C[C@H]4/C=C\CC[C@@H](C)C[C@@H](C)CC(=O)N3C2)c2ccccc12.C[C@@H](OC(N)=O)C(F)(F)F.[HH].[HH].[HH]. The first-order chi connectivity index (χ1) is 26.8. The second-order valence-corrected chi connectivity index (χ2v) is 17.7. The van der Waals surface area contributed by atoms with Gasteiger partial charge in [0.05, 0.1) is 24.1 Å². The van der Waals surface area contributed by atoms with Gasteiger partial charge in [-0.2, -0.15) is 13.2 Å². The van der Waals surface area contributed by atoms with Crippen LogP contribution in [0.3, 0.4) is 0 Å². The molecule has 2 saturated carbocycles. The van der Waals surface area contributed by atoms with Crippen LogP contribution in [0, 0.1) is 17.8 Å². The van der Waals surface area contributed by atoms with Crippen molar-refractivity contribution in [3.63, 3.8) is 0 Å². The number of hydrogen-bond donors (Lipinski definition) is 3. The topological polar surface area (TPSA) is 196 Å². The smallest absolute Gasteiger partial charge is 0.425 e. The molecule has 4 amide bonds. The minimum absolute atomic E-state index is 0. The number of primary amides is 1. The molecule has 2 aliphatic carbocycles. The second-order valence-electron chi connectivity index (χ2n) is 15.4. The molecule has 3 fully saturated rings. The van der Waals surface area contributed by atoms with Crippen molar-refractivity contribution < 1.29 is 59.3 Å². The van der Waals surface area contributed by atoms with E-state index in [-0.39, 0.29) is 40.6 Å². The number of sulfonamides is 1. The summed E-state index contributed by atoms with van der Waals surface area (Å²) in [5.41, 5.74) is 4.33. The Labute approximate surface area is 335 Å². The van der Waals surface area contributed by atoms with Gasteiger partial charge in [-0.3, -0.25) is 19.1 Å². The van der Waals surface area contributed by atoms with Crippen LogP contribution in [0.25, 0.3) is 10.8 Å². The highest BCUT2D eigenvalue weighted by Crippen LogP contribution is 2.42. The number of alkyl halides is 3. The van der Waals surface area contributed by atoms with E-state index in [1.54, 1.807) is 18.0 Å². The Kier molecular flexibility index (Phi) is 15.2. The lowest BCUT2D eigenvalue weighted by Gasteiger charge is -2.25. The van der Waals surface area contributed by atoms with E-state index in [0.717, 1.165) is 42.2 Å². The van der Waals surface area contributed by atoms with Crippen molar-refractivity contribution in [2.75, 3.05) is 13.2 Å². The van der Waals surface area contributed by atoms with Gasteiger partial charge in [0.25, 0.3) is 0 Å². The molecule has 4 aliphatic rings. The average Bonchev–Trinajstić information content (AvgIpc) is 4.02. The Morgan fingerprint density at radius 3 is 2.44 bits per heavy atom. The zero-order valence-electron chi connectivity index (χ0n) is 32.9. The van der Waals surface area contributed by atoms with Crippen LogP contribution in [-0.4, -0.2) is 91.0 Å². The molecule has 4 N–H and O–H groups in total. The third-order valence-corrected chi connectivity index (χ3v) is 12.6. The number of nitrogens with one attached hydrogen (secondary N) is 2. The lowest BCUT2D eigenvalue weighted by molar-refractivity contribution is -0.196. The summed E-state index contributed by atoms with van der Waals surface area (Å²) in [6, 6.07) is 7.52. The first-order valence-corrected chi connectivity index (χ1v) is 20.7. The summed E-state index contributed by atoms with van der Waals surface area (Å²) in [5.74, 6) is 2.43. The van der Waals surface area contributed by atoms with Crippen molar-refractivity contribution in [3.8, 4) is 11.6 Å². The highest BCUT2D eigenvalue weighted by molar-refractivity contribution is 7.91. The van der Waals surface area contributed by atoms with Gasteiger partial charge in [-0.15, -0.1) is 0 Å². The lowest BCUT2D eigenvalue weighted by Crippen LogP contribution is -2.47. The molecular formula is C39H60F3N5O9S. The van der Waals surface area contributed by atoms with E-state index in [9.17, 15) is 40.8 Å². The van der Waals surface area contributed by atoms with Gasteiger partial charge in [-0.1, -0.05) is 44.2 Å². The lowest BCUT2D eigenvalue weighted by atomic mass is 9.91. The van der Waals surface area contributed by atoms with E-state index in [2.05, 4.69) is 46.8 Å². The number of nitrogens with two attached hydrogens (primary N) is 1. The van der Waals surface area contributed by atoms with Crippen LogP contribution in [-0.2, 0) is 29.1 Å². The summed E-state index contributed by atoms with van der Waals surface area (Å²) in [4.78, 5) is 52.7. The number of amides is 4. The van der Waals surface area contributed by atoms with Crippen molar-refractivity contribution in [2.45, 2.75) is 121 Å². The van der Waals surface area contributed by atoms with Crippen LogP contribution in [0.5, 0.6) is 11.6 Å². The number of pyridine rings is 1. The number of aromatic nitrogens is 1. The summed E-state index contributed by atoms with van der Waals surface area (Å²) < 4.78 is 73.3. The summed E-state index contributed by atoms with van der Waals surface area (Å²) in [5, 5.41) is 5.00. The molecule has 2 aromatic rings.